The average molecular weight is 282 g/mol. The van der Waals surface area contributed by atoms with Crippen molar-refractivity contribution in [3.63, 3.8) is 0 Å². The fourth-order valence-electron chi connectivity index (χ4n) is 1.84. The molecule has 2 heteroatoms. The van der Waals surface area contributed by atoms with Gasteiger partial charge in [-0.1, -0.05) is 35.0 Å². The smallest absolute Gasteiger partial charge is 0.0357 e. The summed E-state index contributed by atoms with van der Waals surface area (Å²) in [5.74, 6) is 0. The van der Waals surface area contributed by atoms with E-state index in [4.69, 9.17) is 0 Å². The lowest BCUT2D eigenvalue weighted by molar-refractivity contribution is 0.535. The summed E-state index contributed by atoms with van der Waals surface area (Å²) in [6, 6.07) is 6.85. The van der Waals surface area contributed by atoms with Gasteiger partial charge in [0.25, 0.3) is 0 Å². The van der Waals surface area contributed by atoms with Gasteiger partial charge < -0.3 is 5.32 Å². The summed E-state index contributed by atoms with van der Waals surface area (Å²) in [7, 11) is 0. The van der Waals surface area contributed by atoms with Crippen LogP contribution in [0.15, 0.2) is 35.3 Å². The maximum atomic E-state index is 3.83. The Morgan fingerprint density at radius 3 is 2.81 bits per heavy atom. The first kappa shape index (κ1) is 13.5. The molecule has 1 rings (SSSR count). The van der Waals surface area contributed by atoms with E-state index in [9.17, 15) is 0 Å². The Morgan fingerprint density at radius 1 is 1.50 bits per heavy atom. The number of hydrogen-bond acceptors (Lipinski definition) is 1. The highest BCUT2D eigenvalue weighted by atomic mass is 79.9. The number of aryl methyl sites for hydroxylation is 1. The molecule has 0 fully saturated rings. The predicted octanol–water partition coefficient (Wildman–Crippen LogP) is 4.37. The summed E-state index contributed by atoms with van der Waals surface area (Å²) >= 11 is 3.50. The first-order valence-corrected chi connectivity index (χ1v) is 6.58. The Kier molecular flexibility index (Phi) is 5.78. The van der Waals surface area contributed by atoms with E-state index in [1.54, 1.807) is 0 Å². The monoisotopic (exact) mass is 281 g/mol. The highest BCUT2D eigenvalue weighted by molar-refractivity contribution is 9.10. The van der Waals surface area contributed by atoms with Crippen LogP contribution in [0.5, 0.6) is 0 Å². The van der Waals surface area contributed by atoms with Crippen molar-refractivity contribution in [2.45, 2.75) is 32.7 Å². The third-order valence-electron chi connectivity index (χ3n) is 2.65. The van der Waals surface area contributed by atoms with Gasteiger partial charge in [-0.05, 0) is 49.6 Å². The lowest BCUT2D eigenvalue weighted by Crippen LogP contribution is -2.22. The van der Waals surface area contributed by atoms with Gasteiger partial charge in [-0.25, -0.2) is 0 Å². The Balaban J connectivity index is 2.86. The van der Waals surface area contributed by atoms with Crippen LogP contribution in [0.1, 0.15) is 36.9 Å². The molecule has 0 aliphatic rings. The van der Waals surface area contributed by atoms with E-state index in [-0.39, 0.29) is 0 Å². The molecule has 0 aromatic heterocycles. The van der Waals surface area contributed by atoms with Crippen LogP contribution in [0.2, 0.25) is 0 Å². The van der Waals surface area contributed by atoms with Gasteiger partial charge in [0.05, 0.1) is 0 Å². The minimum atomic E-state index is 0.394. The second-order valence-electron chi connectivity index (χ2n) is 4.03. The zero-order valence-corrected chi connectivity index (χ0v) is 11.7. The molecule has 0 radical (unpaired) electrons. The fourth-order valence-corrected chi connectivity index (χ4v) is 2.31. The second kappa shape index (κ2) is 6.87. The van der Waals surface area contributed by atoms with Crippen LogP contribution in [0.4, 0.5) is 0 Å². The number of benzene rings is 1. The molecule has 0 aliphatic heterocycles. The van der Waals surface area contributed by atoms with E-state index < -0.39 is 0 Å². The molecular formula is C14H20BrN. The molecule has 1 N–H and O–H groups in total. The summed E-state index contributed by atoms with van der Waals surface area (Å²) in [5, 5.41) is 3.56. The summed E-state index contributed by atoms with van der Waals surface area (Å²) in [4.78, 5) is 0. The van der Waals surface area contributed by atoms with E-state index >= 15 is 0 Å². The minimum Gasteiger partial charge on any atom is -0.310 e. The van der Waals surface area contributed by atoms with Gasteiger partial charge in [0.15, 0.2) is 0 Å². The highest BCUT2D eigenvalue weighted by Gasteiger charge is 2.11. The van der Waals surface area contributed by atoms with Crippen molar-refractivity contribution in [2.75, 3.05) is 6.54 Å². The van der Waals surface area contributed by atoms with Crippen molar-refractivity contribution >= 4 is 15.9 Å². The molecule has 1 aromatic rings. The van der Waals surface area contributed by atoms with E-state index in [1.165, 1.54) is 11.1 Å². The standard InChI is InChI=1S/C14H20BrN/c1-4-6-14(16-9-5-2)13-8-7-12(15)10-11(13)3/h4,7-8,10,14,16H,1,5-6,9H2,2-3H3. The van der Waals surface area contributed by atoms with Gasteiger partial charge in [0.2, 0.25) is 0 Å². The molecule has 1 nitrogen and oxygen atoms in total. The molecule has 1 atom stereocenters. The zero-order valence-electron chi connectivity index (χ0n) is 10.1. The molecule has 0 amide bonds. The van der Waals surface area contributed by atoms with Crippen molar-refractivity contribution in [1.82, 2.24) is 5.32 Å². The predicted molar refractivity (Wildman–Crippen MR) is 74.7 cm³/mol. The Bertz CT molecular complexity index is 347. The third kappa shape index (κ3) is 3.76. The van der Waals surface area contributed by atoms with E-state index in [1.807, 2.05) is 6.08 Å². The van der Waals surface area contributed by atoms with Crippen molar-refractivity contribution in [3.05, 3.63) is 46.5 Å². The summed E-state index contributed by atoms with van der Waals surface area (Å²) < 4.78 is 1.14. The van der Waals surface area contributed by atoms with Crippen LogP contribution in [-0.2, 0) is 0 Å². The lowest BCUT2D eigenvalue weighted by atomic mass is 9.99. The lowest BCUT2D eigenvalue weighted by Gasteiger charge is -2.19. The van der Waals surface area contributed by atoms with Gasteiger partial charge in [0.1, 0.15) is 0 Å². The van der Waals surface area contributed by atoms with Crippen LogP contribution >= 0.6 is 15.9 Å². The SMILES string of the molecule is C=CCC(NCCC)c1ccc(Br)cc1C. The zero-order chi connectivity index (χ0) is 12.0. The maximum Gasteiger partial charge on any atom is 0.0357 e. The van der Waals surface area contributed by atoms with Gasteiger partial charge in [-0.15, -0.1) is 6.58 Å². The average Bonchev–Trinajstić information content (AvgIpc) is 2.25. The molecule has 0 aliphatic carbocycles. The Labute approximate surface area is 107 Å². The Morgan fingerprint density at radius 2 is 2.25 bits per heavy atom. The largest absolute Gasteiger partial charge is 0.310 e. The van der Waals surface area contributed by atoms with Gasteiger partial charge in [-0.2, -0.15) is 0 Å². The summed E-state index contributed by atoms with van der Waals surface area (Å²) in [6.45, 7) is 9.23. The van der Waals surface area contributed by atoms with Crippen LogP contribution in [0.25, 0.3) is 0 Å². The molecule has 0 heterocycles. The molecule has 88 valence electrons. The molecule has 16 heavy (non-hydrogen) atoms. The maximum absolute atomic E-state index is 3.83. The molecule has 0 spiro atoms. The molecular weight excluding hydrogens is 262 g/mol. The first-order chi connectivity index (χ1) is 7.69. The van der Waals surface area contributed by atoms with Crippen LogP contribution in [-0.4, -0.2) is 6.54 Å². The van der Waals surface area contributed by atoms with Crippen molar-refractivity contribution in [1.29, 1.82) is 0 Å². The quantitative estimate of drug-likeness (QED) is 0.764. The third-order valence-corrected chi connectivity index (χ3v) is 3.14. The van der Waals surface area contributed by atoms with Crippen molar-refractivity contribution < 1.29 is 0 Å². The van der Waals surface area contributed by atoms with Crippen molar-refractivity contribution in [3.8, 4) is 0 Å². The van der Waals surface area contributed by atoms with Crippen molar-refractivity contribution in [2.24, 2.45) is 0 Å². The van der Waals surface area contributed by atoms with E-state index in [0.717, 1.165) is 23.9 Å². The van der Waals surface area contributed by atoms with Crippen LogP contribution < -0.4 is 5.32 Å². The van der Waals surface area contributed by atoms with Gasteiger partial charge >= 0.3 is 0 Å². The number of halogens is 1. The highest BCUT2D eigenvalue weighted by Crippen LogP contribution is 2.24. The normalized spacial score (nSPS) is 12.4. The van der Waals surface area contributed by atoms with Gasteiger partial charge in [0, 0.05) is 10.5 Å². The van der Waals surface area contributed by atoms with Crippen LogP contribution in [0, 0.1) is 6.92 Å². The van der Waals surface area contributed by atoms with Gasteiger partial charge in [-0.3, -0.25) is 0 Å². The topological polar surface area (TPSA) is 12.0 Å². The molecule has 0 bridgehead atoms. The first-order valence-electron chi connectivity index (χ1n) is 5.79. The summed E-state index contributed by atoms with van der Waals surface area (Å²) in [6.07, 6.45) is 4.11. The molecule has 1 unspecified atom stereocenters. The van der Waals surface area contributed by atoms with E-state index in [2.05, 4.69) is 59.9 Å². The molecule has 0 saturated carbocycles. The second-order valence-corrected chi connectivity index (χ2v) is 4.95. The minimum absolute atomic E-state index is 0.394. The molecule has 0 saturated heterocycles. The summed E-state index contributed by atoms with van der Waals surface area (Å²) in [5.41, 5.74) is 2.70. The van der Waals surface area contributed by atoms with Crippen LogP contribution in [0.3, 0.4) is 0 Å². The number of nitrogens with one attached hydrogen (secondary N) is 1. The number of hydrogen-bond donors (Lipinski definition) is 1. The Hall–Kier alpha value is -0.600. The molecule has 1 aromatic carbocycles. The van der Waals surface area contributed by atoms with E-state index in [0.29, 0.717) is 6.04 Å². The number of rotatable bonds is 6. The fraction of sp³-hybridized carbons (Fsp3) is 0.429.